The number of ether oxygens (including phenoxy) is 1. The van der Waals surface area contributed by atoms with Gasteiger partial charge in [0.05, 0.1) is 15.7 Å². The number of carbonyl (C=O) groups is 1. The molecule has 1 atom stereocenters. The molecule has 0 saturated carbocycles. The predicted molar refractivity (Wildman–Crippen MR) is 70.6 cm³/mol. The van der Waals surface area contributed by atoms with Gasteiger partial charge in [-0.15, -0.1) is 0 Å². The van der Waals surface area contributed by atoms with Crippen molar-refractivity contribution in [3.05, 3.63) is 27.7 Å². The van der Waals surface area contributed by atoms with E-state index >= 15 is 0 Å². The Morgan fingerprint density at radius 3 is 2.29 bits per heavy atom. The van der Waals surface area contributed by atoms with Crippen molar-refractivity contribution in [3.8, 4) is 0 Å². The first-order valence-electron chi connectivity index (χ1n) is 5.29. The van der Waals surface area contributed by atoms with Crippen LogP contribution in [0.5, 0.6) is 0 Å². The van der Waals surface area contributed by atoms with Gasteiger partial charge in [-0.1, -0.05) is 37.0 Å². The van der Waals surface area contributed by atoms with E-state index in [0.717, 1.165) is 0 Å². The molecule has 0 saturated heterocycles. The minimum atomic E-state index is -0.545. The highest BCUT2D eigenvalue weighted by Crippen LogP contribution is 2.30. The number of rotatable bonds is 3. The van der Waals surface area contributed by atoms with E-state index in [1.165, 1.54) is 6.07 Å². The third kappa shape index (κ3) is 3.27. The maximum absolute atomic E-state index is 11.9. The standard InChI is InChI=1S/C12H15Cl2NO2/c1-6(2)7(3)17-12(16)10-8(13)4-5-9(14)11(10)15/h4-7H,15H2,1-3H3. The molecule has 17 heavy (non-hydrogen) atoms. The van der Waals surface area contributed by atoms with Crippen molar-refractivity contribution in [3.63, 3.8) is 0 Å². The van der Waals surface area contributed by atoms with Crippen LogP contribution in [0.15, 0.2) is 12.1 Å². The molecule has 0 amide bonds. The molecule has 0 aliphatic heterocycles. The van der Waals surface area contributed by atoms with Gasteiger partial charge in [-0.25, -0.2) is 4.79 Å². The highest BCUT2D eigenvalue weighted by Gasteiger charge is 2.21. The Morgan fingerprint density at radius 2 is 1.76 bits per heavy atom. The van der Waals surface area contributed by atoms with Crippen LogP contribution in [0.3, 0.4) is 0 Å². The van der Waals surface area contributed by atoms with Crippen molar-refractivity contribution in [2.75, 3.05) is 5.73 Å². The van der Waals surface area contributed by atoms with Gasteiger partial charge in [0.15, 0.2) is 0 Å². The zero-order valence-corrected chi connectivity index (χ0v) is 11.5. The van der Waals surface area contributed by atoms with Gasteiger partial charge in [0.1, 0.15) is 11.7 Å². The summed E-state index contributed by atoms with van der Waals surface area (Å²) in [4.78, 5) is 11.9. The molecule has 1 aromatic rings. The molecule has 0 bridgehead atoms. The second-order valence-corrected chi connectivity index (χ2v) is 4.99. The fourth-order valence-electron chi connectivity index (χ4n) is 1.14. The molecule has 0 spiro atoms. The van der Waals surface area contributed by atoms with E-state index in [2.05, 4.69) is 0 Å². The maximum atomic E-state index is 11.9. The van der Waals surface area contributed by atoms with Crippen LogP contribution in [-0.2, 0) is 4.74 Å². The monoisotopic (exact) mass is 275 g/mol. The van der Waals surface area contributed by atoms with Crippen molar-refractivity contribution in [1.29, 1.82) is 0 Å². The third-order valence-corrected chi connectivity index (χ3v) is 3.22. The Kier molecular flexibility index (Phi) is 4.66. The number of hydrogen-bond acceptors (Lipinski definition) is 3. The molecule has 0 aliphatic carbocycles. The van der Waals surface area contributed by atoms with E-state index in [9.17, 15) is 4.79 Å². The lowest BCUT2D eigenvalue weighted by Gasteiger charge is -2.18. The van der Waals surface area contributed by atoms with Crippen molar-refractivity contribution < 1.29 is 9.53 Å². The second kappa shape index (κ2) is 5.61. The number of hydrogen-bond donors (Lipinski definition) is 1. The van der Waals surface area contributed by atoms with Crippen LogP contribution in [0.25, 0.3) is 0 Å². The molecular weight excluding hydrogens is 261 g/mol. The first-order valence-corrected chi connectivity index (χ1v) is 6.04. The number of nitrogen functional groups attached to an aromatic ring is 1. The first kappa shape index (κ1) is 14.1. The summed E-state index contributed by atoms with van der Waals surface area (Å²) < 4.78 is 5.25. The summed E-state index contributed by atoms with van der Waals surface area (Å²) >= 11 is 11.8. The normalized spacial score (nSPS) is 12.6. The van der Waals surface area contributed by atoms with Crippen LogP contribution in [0, 0.1) is 5.92 Å². The molecule has 0 heterocycles. The van der Waals surface area contributed by atoms with Crippen LogP contribution in [0.2, 0.25) is 10.0 Å². The molecule has 3 nitrogen and oxygen atoms in total. The Balaban J connectivity index is 3.01. The number of halogens is 2. The minimum absolute atomic E-state index is 0.131. The van der Waals surface area contributed by atoms with Crippen molar-refractivity contribution >= 4 is 34.9 Å². The lowest BCUT2D eigenvalue weighted by molar-refractivity contribution is 0.0239. The SMILES string of the molecule is CC(C)C(C)OC(=O)c1c(Cl)ccc(Cl)c1N. The summed E-state index contributed by atoms with van der Waals surface area (Å²) in [5.41, 5.74) is 6.00. The van der Waals surface area contributed by atoms with Crippen LogP contribution in [-0.4, -0.2) is 12.1 Å². The fraction of sp³-hybridized carbons (Fsp3) is 0.417. The molecule has 0 aromatic heterocycles. The van der Waals surface area contributed by atoms with Gasteiger partial charge in [0.2, 0.25) is 0 Å². The topological polar surface area (TPSA) is 52.3 Å². The van der Waals surface area contributed by atoms with E-state index in [1.807, 2.05) is 20.8 Å². The van der Waals surface area contributed by atoms with Crippen LogP contribution in [0.4, 0.5) is 5.69 Å². The third-order valence-electron chi connectivity index (χ3n) is 2.58. The Labute approximate surface area is 111 Å². The average Bonchev–Trinajstić information content (AvgIpc) is 2.24. The number of carbonyl (C=O) groups excluding carboxylic acids is 1. The number of nitrogens with two attached hydrogens (primary N) is 1. The number of benzene rings is 1. The van der Waals surface area contributed by atoms with Gasteiger partial charge in [-0.05, 0) is 25.0 Å². The van der Waals surface area contributed by atoms with Gasteiger partial charge in [0.25, 0.3) is 0 Å². The minimum Gasteiger partial charge on any atom is -0.459 e. The largest absolute Gasteiger partial charge is 0.459 e. The van der Waals surface area contributed by atoms with Crippen molar-refractivity contribution in [2.45, 2.75) is 26.9 Å². The average molecular weight is 276 g/mol. The van der Waals surface area contributed by atoms with E-state index in [0.29, 0.717) is 5.02 Å². The van der Waals surface area contributed by atoms with Gasteiger partial charge >= 0.3 is 5.97 Å². The Hall–Kier alpha value is -0.930. The van der Waals surface area contributed by atoms with Gasteiger partial charge in [-0.3, -0.25) is 0 Å². The zero-order chi connectivity index (χ0) is 13.2. The van der Waals surface area contributed by atoms with Crippen molar-refractivity contribution in [1.82, 2.24) is 0 Å². The molecule has 1 rings (SSSR count). The molecule has 1 aromatic carbocycles. The van der Waals surface area contributed by atoms with Crippen LogP contribution in [0.1, 0.15) is 31.1 Å². The Morgan fingerprint density at radius 1 is 1.24 bits per heavy atom. The molecule has 0 aliphatic rings. The zero-order valence-electron chi connectivity index (χ0n) is 9.96. The quantitative estimate of drug-likeness (QED) is 0.675. The maximum Gasteiger partial charge on any atom is 0.342 e. The van der Waals surface area contributed by atoms with E-state index in [4.69, 9.17) is 33.7 Å². The fourth-order valence-corrected chi connectivity index (χ4v) is 1.54. The smallest absolute Gasteiger partial charge is 0.342 e. The molecule has 0 fully saturated rings. The van der Waals surface area contributed by atoms with Gasteiger partial charge < -0.3 is 10.5 Å². The highest BCUT2D eigenvalue weighted by molar-refractivity contribution is 6.38. The van der Waals surface area contributed by atoms with Gasteiger partial charge in [-0.2, -0.15) is 0 Å². The summed E-state index contributed by atoms with van der Waals surface area (Å²) in [5.74, 6) is -0.325. The molecule has 5 heteroatoms. The summed E-state index contributed by atoms with van der Waals surface area (Å²) in [7, 11) is 0. The predicted octanol–water partition coefficient (Wildman–Crippen LogP) is 3.78. The van der Waals surface area contributed by atoms with E-state index in [-0.39, 0.29) is 28.3 Å². The summed E-state index contributed by atoms with van der Waals surface area (Å²) in [6, 6.07) is 3.07. The molecular formula is C12H15Cl2NO2. The van der Waals surface area contributed by atoms with Crippen LogP contribution < -0.4 is 5.73 Å². The second-order valence-electron chi connectivity index (χ2n) is 4.17. The number of esters is 1. The first-order chi connectivity index (χ1) is 7.84. The number of anilines is 1. The van der Waals surface area contributed by atoms with Crippen LogP contribution >= 0.6 is 23.2 Å². The lowest BCUT2D eigenvalue weighted by atomic mass is 10.1. The summed E-state index contributed by atoms with van der Waals surface area (Å²) in [6.07, 6.45) is -0.211. The summed E-state index contributed by atoms with van der Waals surface area (Å²) in [5, 5.41) is 0.534. The van der Waals surface area contributed by atoms with Crippen molar-refractivity contribution in [2.24, 2.45) is 5.92 Å². The molecule has 2 N–H and O–H groups in total. The molecule has 1 unspecified atom stereocenters. The highest BCUT2D eigenvalue weighted by atomic mass is 35.5. The van der Waals surface area contributed by atoms with E-state index < -0.39 is 5.97 Å². The van der Waals surface area contributed by atoms with Gasteiger partial charge in [0, 0.05) is 0 Å². The summed E-state index contributed by atoms with van der Waals surface area (Å²) in [6.45, 7) is 5.74. The molecule has 94 valence electrons. The lowest BCUT2D eigenvalue weighted by Crippen LogP contribution is -2.21. The van der Waals surface area contributed by atoms with E-state index in [1.54, 1.807) is 6.07 Å². The molecule has 0 radical (unpaired) electrons. The Bertz CT molecular complexity index is 433.